The van der Waals surface area contributed by atoms with Crippen LogP contribution in [0.1, 0.15) is 42.7 Å². The van der Waals surface area contributed by atoms with E-state index in [1.54, 1.807) is 12.1 Å². The molecule has 3 nitrogen and oxygen atoms in total. The number of nitro groups is 1. The van der Waals surface area contributed by atoms with E-state index in [0.29, 0.717) is 5.92 Å². The molecule has 2 unspecified atom stereocenters. The summed E-state index contributed by atoms with van der Waals surface area (Å²) in [5.41, 5.74) is 3.48. The van der Waals surface area contributed by atoms with Crippen LogP contribution in [0.25, 0.3) is 0 Å². The van der Waals surface area contributed by atoms with Crippen molar-refractivity contribution in [2.45, 2.75) is 31.6 Å². The zero-order chi connectivity index (χ0) is 12.2. The molecule has 2 aliphatic carbocycles. The number of nitrogens with zero attached hydrogens (tertiary/aromatic N) is 1. The van der Waals surface area contributed by atoms with Crippen molar-refractivity contribution in [2.24, 2.45) is 0 Å². The van der Waals surface area contributed by atoms with Crippen LogP contribution < -0.4 is 0 Å². The van der Waals surface area contributed by atoms with Gasteiger partial charge in [-0.3, -0.25) is 10.1 Å². The fourth-order valence-electron chi connectivity index (χ4n) is 3.40. The SMILES string of the molecule is C/C(Cl)=C1\C2CCC1c1c2cccc1[N+](=O)[O-]. The molecule has 4 heteroatoms. The van der Waals surface area contributed by atoms with Crippen LogP contribution in [0.2, 0.25) is 0 Å². The van der Waals surface area contributed by atoms with Crippen molar-refractivity contribution >= 4 is 17.3 Å². The summed E-state index contributed by atoms with van der Waals surface area (Å²) >= 11 is 6.15. The second-order valence-corrected chi connectivity index (χ2v) is 5.28. The van der Waals surface area contributed by atoms with Gasteiger partial charge in [0, 0.05) is 28.5 Å². The highest BCUT2D eigenvalue weighted by Gasteiger charge is 2.45. The van der Waals surface area contributed by atoms with E-state index in [1.165, 1.54) is 5.57 Å². The van der Waals surface area contributed by atoms with Gasteiger partial charge in [-0.05, 0) is 30.9 Å². The number of rotatable bonds is 1. The Balaban J connectivity index is 2.26. The topological polar surface area (TPSA) is 43.1 Å². The Hall–Kier alpha value is -1.35. The van der Waals surface area contributed by atoms with Gasteiger partial charge in [-0.2, -0.15) is 0 Å². The van der Waals surface area contributed by atoms with E-state index in [2.05, 4.69) is 0 Å². The van der Waals surface area contributed by atoms with E-state index in [9.17, 15) is 10.1 Å². The van der Waals surface area contributed by atoms with Crippen LogP contribution in [-0.4, -0.2) is 4.92 Å². The quantitative estimate of drug-likeness (QED) is 0.556. The largest absolute Gasteiger partial charge is 0.273 e. The van der Waals surface area contributed by atoms with Gasteiger partial charge in [0.05, 0.1) is 4.92 Å². The molecule has 0 radical (unpaired) electrons. The van der Waals surface area contributed by atoms with Crippen molar-refractivity contribution in [2.75, 3.05) is 0 Å². The zero-order valence-corrected chi connectivity index (χ0v) is 10.2. The molecule has 0 heterocycles. The Morgan fingerprint density at radius 2 is 2.12 bits per heavy atom. The fraction of sp³-hybridized carbons (Fsp3) is 0.385. The first kappa shape index (κ1) is 10.8. The highest BCUT2D eigenvalue weighted by molar-refractivity contribution is 6.29. The van der Waals surface area contributed by atoms with Gasteiger partial charge in [0.2, 0.25) is 0 Å². The summed E-state index contributed by atoms with van der Waals surface area (Å²) in [6.07, 6.45) is 2.06. The molecule has 0 saturated heterocycles. The molecule has 0 aliphatic heterocycles. The molecular weight excluding hydrogens is 238 g/mol. The summed E-state index contributed by atoms with van der Waals surface area (Å²) in [6.45, 7) is 1.89. The van der Waals surface area contributed by atoms with Crippen molar-refractivity contribution in [3.8, 4) is 0 Å². The van der Waals surface area contributed by atoms with Gasteiger partial charge >= 0.3 is 0 Å². The summed E-state index contributed by atoms with van der Waals surface area (Å²) in [5, 5.41) is 11.9. The van der Waals surface area contributed by atoms with Gasteiger partial charge in [0.15, 0.2) is 0 Å². The molecule has 0 N–H and O–H groups in total. The zero-order valence-electron chi connectivity index (χ0n) is 9.44. The molecule has 0 aromatic heterocycles. The molecular formula is C13H12ClNO2. The van der Waals surface area contributed by atoms with E-state index in [-0.39, 0.29) is 16.5 Å². The summed E-state index contributed by atoms with van der Waals surface area (Å²) < 4.78 is 0. The molecule has 88 valence electrons. The number of hydrogen-bond acceptors (Lipinski definition) is 2. The number of allylic oxidation sites excluding steroid dienone is 2. The van der Waals surface area contributed by atoms with E-state index in [0.717, 1.165) is 29.0 Å². The maximum atomic E-state index is 11.1. The molecule has 1 aromatic rings. The molecule has 1 saturated carbocycles. The molecule has 1 fully saturated rings. The Labute approximate surface area is 104 Å². The number of fused-ring (bicyclic) bond motifs is 5. The van der Waals surface area contributed by atoms with Crippen LogP contribution >= 0.6 is 11.6 Å². The van der Waals surface area contributed by atoms with E-state index < -0.39 is 0 Å². The molecule has 2 bridgehead atoms. The maximum Gasteiger partial charge on any atom is 0.273 e. The summed E-state index contributed by atoms with van der Waals surface area (Å²) in [5.74, 6) is 0.487. The molecule has 0 amide bonds. The lowest BCUT2D eigenvalue weighted by atomic mass is 9.91. The highest BCUT2D eigenvalue weighted by atomic mass is 35.5. The number of benzene rings is 1. The minimum absolute atomic E-state index is 0.175. The molecule has 2 aliphatic rings. The second-order valence-electron chi connectivity index (χ2n) is 4.71. The lowest BCUT2D eigenvalue weighted by Crippen LogP contribution is -2.02. The third-order valence-electron chi connectivity index (χ3n) is 3.93. The van der Waals surface area contributed by atoms with Crippen LogP contribution in [0, 0.1) is 10.1 Å². The number of hydrogen-bond donors (Lipinski definition) is 0. The van der Waals surface area contributed by atoms with Gasteiger partial charge in [-0.25, -0.2) is 0 Å². The molecule has 3 rings (SSSR count). The van der Waals surface area contributed by atoms with Gasteiger partial charge in [0.1, 0.15) is 0 Å². The summed E-state index contributed by atoms with van der Waals surface area (Å²) in [6, 6.07) is 5.38. The van der Waals surface area contributed by atoms with Crippen molar-refractivity contribution in [3.05, 3.63) is 50.0 Å². The molecule has 2 atom stereocenters. The predicted molar refractivity (Wildman–Crippen MR) is 66.4 cm³/mol. The van der Waals surface area contributed by atoms with Gasteiger partial charge in [-0.15, -0.1) is 0 Å². The standard InChI is InChI=1S/C13H12ClNO2/c1-7(14)12-9-5-6-10(12)13-8(9)3-2-4-11(13)15(16)17/h2-4,9-10H,5-6H2,1H3/b12-7-. The smallest absolute Gasteiger partial charge is 0.258 e. The highest BCUT2D eigenvalue weighted by Crippen LogP contribution is 2.60. The van der Waals surface area contributed by atoms with Crippen LogP contribution in [0.15, 0.2) is 28.8 Å². The number of halogens is 1. The first-order valence-corrected chi connectivity index (χ1v) is 6.12. The Morgan fingerprint density at radius 3 is 2.76 bits per heavy atom. The Morgan fingerprint density at radius 1 is 1.41 bits per heavy atom. The van der Waals surface area contributed by atoms with Gasteiger partial charge in [-0.1, -0.05) is 23.7 Å². The van der Waals surface area contributed by atoms with Gasteiger partial charge < -0.3 is 0 Å². The van der Waals surface area contributed by atoms with Gasteiger partial charge in [0.25, 0.3) is 5.69 Å². The van der Waals surface area contributed by atoms with Crippen molar-refractivity contribution in [1.29, 1.82) is 0 Å². The molecule has 0 spiro atoms. The van der Waals surface area contributed by atoms with Crippen LogP contribution in [-0.2, 0) is 0 Å². The first-order valence-electron chi connectivity index (χ1n) is 5.74. The summed E-state index contributed by atoms with van der Waals surface area (Å²) in [7, 11) is 0. The molecule has 17 heavy (non-hydrogen) atoms. The van der Waals surface area contributed by atoms with E-state index in [1.807, 2.05) is 13.0 Å². The average molecular weight is 250 g/mol. The lowest BCUT2D eigenvalue weighted by Gasteiger charge is -2.13. The van der Waals surface area contributed by atoms with Crippen molar-refractivity contribution in [1.82, 2.24) is 0 Å². The minimum Gasteiger partial charge on any atom is -0.258 e. The van der Waals surface area contributed by atoms with Crippen molar-refractivity contribution < 1.29 is 4.92 Å². The average Bonchev–Trinajstić information content (AvgIpc) is 2.84. The van der Waals surface area contributed by atoms with Crippen LogP contribution in [0.3, 0.4) is 0 Å². The van der Waals surface area contributed by atoms with Crippen molar-refractivity contribution in [3.63, 3.8) is 0 Å². The second kappa shape index (κ2) is 3.57. The summed E-state index contributed by atoms with van der Waals surface area (Å²) in [4.78, 5) is 10.8. The first-order chi connectivity index (χ1) is 8.11. The maximum absolute atomic E-state index is 11.1. The minimum atomic E-state index is -0.277. The van der Waals surface area contributed by atoms with E-state index >= 15 is 0 Å². The Bertz CT molecular complexity index is 546. The van der Waals surface area contributed by atoms with Crippen LogP contribution in [0.5, 0.6) is 0 Å². The molecule has 1 aromatic carbocycles. The third kappa shape index (κ3) is 1.35. The van der Waals surface area contributed by atoms with Crippen LogP contribution in [0.4, 0.5) is 5.69 Å². The lowest BCUT2D eigenvalue weighted by molar-refractivity contribution is -0.385. The predicted octanol–water partition coefficient (Wildman–Crippen LogP) is 4.08. The van der Waals surface area contributed by atoms with E-state index in [4.69, 9.17) is 11.6 Å². The Kier molecular flexibility index (Phi) is 2.26. The monoisotopic (exact) mass is 249 g/mol. The number of nitro benzene ring substituents is 1. The fourth-order valence-corrected chi connectivity index (χ4v) is 3.67. The normalized spacial score (nSPS) is 28.1. The third-order valence-corrected chi connectivity index (χ3v) is 4.15.